The van der Waals surface area contributed by atoms with E-state index in [-0.39, 0.29) is 18.4 Å². The van der Waals surface area contributed by atoms with Gasteiger partial charge < -0.3 is 10.4 Å². The third kappa shape index (κ3) is 5.87. The third-order valence-electron chi connectivity index (χ3n) is 5.48. The molecule has 32 heavy (non-hydrogen) atoms. The fourth-order valence-corrected chi connectivity index (χ4v) is 4.77. The lowest BCUT2D eigenvalue weighted by Gasteiger charge is -2.15. The number of thiophene rings is 1. The largest absolute Gasteiger partial charge is 0.393 e. The summed E-state index contributed by atoms with van der Waals surface area (Å²) in [5, 5.41) is 20.2. The number of ketones is 1. The number of nitrogens with two attached hydrogens (primary N) is 1. The Morgan fingerprint density at radius 1 is 1.47 bits per heavy atom. The summed E-state index contributed by atoms with van der Waals surface area (Å²) in [6.07, 6.45) is 4.77. The summed E-state index contributed by atoms with van der Waals surface area (Å²) in [6, 6.07) is 1.58. The number of nitrogens with zero attached hydrogens (tertiary/aromatic N) is 2. The minimum atomic E-state index is -4.08. The van der Waals surface area contributed by atoms with Gasteiger partial charge in [-0.1, -0.05) is 12.7 Å². The number of hydrogen-bond donors (Lipinski definition) is 3. The molecule has 0 bridgehead atoms. The Bertz CT molecular complexity index is 1140. The number of anilines is 1. The lowest BCUT2D eigenvalue weighted by atomic mass is 10.0. The average Bonchev–Trinajstić information content (AvgIpc) is 3.37. The number of aliphatic hydroxyl groups is 1. The fraction of sp³-hybridized carbons (Fsp3) is 0.381. The van der Waals surface area contributed by atoms with Crippen LogP contribution in [0.4, 0.5) is 5.82 Å². The highest BCUT2D eigenvalue weighted by atomic mass is 32.2. The standard InChI is InChI=1S/C21H26N4O5S2/c1-4-12(2)13(3)15-6-19(31-10-15)20(27)17-8-23-11-24-21(17)25-16-5-14(18(26)7-16)9-30-32(22,28)29/h4,6,8,10-11,14,16,18,26H,3,5,7,9H2,1-2H3,(H2,22,28,29)(H,23,24,25)/b12-4+/t14-,16-,18+/m1/s1. The van der Waals surface area contributed by atoms with Gasteiger partial charge in [-0.2, -0.15) is 8.42 Å². The first-order valence-corrected chi connectivity index (χ1v) is 12.3. The Kier molecular flexibility index (Phi) is 7.57. The molecule has 1 aliphatic carbocycles. The molecular formula is C21H26N4O5S2. The highest BCUT2D eigenvalue weighted by Gasteiger charge is 2.34. The second-order valence-corrected chi connectivity index (χ2v) is 9.81. The molecule has 1 saturated carbocycles. The van der Waals surface area contributed by atoms with Gasteiger partial charge in [0.1, 0.15) is 12.1 Å². The molecule has 3 rings (SSSR count). The molecule has 11 heteroatoms. The fourth-order valence-electron chi connectivity index (χ4n) is 3.53. The van der Waals surface area contributed by atoms with Gasteiger partial charge in [-0.25, -0.2) is 15.1 Å². The molecular weight excluding hydrogens is 452 g/mol. The van der Waals surface area contributed by atoms with Crippen LogP contribution < -0.4 is 10.5 Å². The van der Waals surface area contributed by atoms with Crippen molar-refractivity contribution in [2.24, 2.45) is 11.1 Å². The number of allylic oxidation sites excluding steroid dienone is 3. The zero-order chi connectivity index (χ0) is 23.5. The summed E-state index contributed by atoms with van der Waals surface area (Å²) in [6.45, 7) is 7.77. The van der Waals surface area contributed by atoms with Crippen molar-refractivity contribution in [3.05, 3.63) is 58.2 Å². The summed E-state index contributed by atoms with van der Waals surface area (Å²) in [5.74, 6) is -0.274. The second-order valence-electron chi connectivity index (χ2n) is 7.68. The molecule has 0 saturated heterocycles. The number of nitrogens with one attached hydrogen (secondary N) is 1. The maximum atomic E-state index is 13.2. The average molecular weight is 479 g/mol. The molecule has 0 radical (unpaired) electrons. The minimum absolute atomic E-state index is 0.207. The zero-order valence-electron chi connectivity index (χ0n) is 17.8. The van der Waals surface area contributed by atoms with Gasteiger partial charge >= 0.3 is 10.3 Å². The van der Waals surface area contributed by atoms with E-state index >= 15 is 0 Å². The van der Waals surface area contributed by atoms with Crippen LogP contribution >= 0.6 is 11.3 Å². The van der Waals surface area contributed by atoms with E-state index in [1.165, 1.54) is 23.9 Å². The SMILES string of the molecule is C=C(/C(C)=C/C)c1csc(C(=O)c2cncnc2N[C@@H]2C[C@H](COS(N)(=O)=O)[C@@H](O)C2)c1. The van der Waals surface area contributed by atoms with E-state index in [4.69, 9.17) is 5.14 Å². The topological polar surface area (TPSA) is 144 Å². The van der Waals surface area contributed by atoms with Crippen molar-refractivity contribution in [2.45, 2.75) is 38.8 Å². The lowest BCUT2D eigenvalue weighted by Crippen LogP contribution is -2.24. The highest BCUT2D eigenvalue weighted by Crippen LogP contribution is 2.31. The zero-order valence-corrected chi connectivity index (χ0v) is 19.4. The van der Waals surface area contributed by atoms with Gasteiger partial charge in [0.25, 0.3) is 0 Å². The minimum Gasteiger partial charge on any atom is -0.393 e. The normalized spacial score (nSPS) is 21.5. The Hall–Kier alpha value is -2.44. The lowest BCUT2D eigenvalue weighted by molar-refractivity contribution is 0.101. The predicted molar refractivity (Wildman–Crippen MR) is 123 cm³/mol. The molecule has 2 aromatic heterocycles. The van der Waals surface area contributed by atoms with Gasteiger partial charge in [-0.05, 0) is 54.8 Å². The first-order valence-electron chi connectivity index (χ1n) is 9.96. The van der Waals surface area contributed by atoms with Crippen molar-refractivity contribution >= 4 is 38.8 Å². The van der Waals surface area contributed by atoms with Crippen LogP contribution in [0, 0.1) is 5.92 Å². The van der Waals surface area contributed by atoms with Crippen molar-refractivity contribution in [1.29, 1.82) is 0 Å². The molecule has 2 aromatic rings. The summed E-state index contributed by atoms with van der Waals surface area (Å²) in [7, 11) is -4.08. The molecule has 172 valence electrons. The molecule has 0 aromatic carbocycles. The first kappa shape index (κ1) is 24.2. The van der Waals surface area contributed by atoms with Gasteiger partial charge in [0.05, 0.1) is 23.2 Å². The van der Waals surface area contributed by atoms with E-state index in [1.54, 1.807) is 6.07 Å². The van der Waals surface area contributed by atoms with Crippen LogP contribution in [0.25, 0.3) is 5.57 Å². The molecule has 1 fully saturated rings. The summed E-state index contributed by atoms with van der Waals surface area (Å²) in [5.41, 5.74) is 3.09. The van der Waals surface area contributed by atoms with E-state index in [0.717, 1.165) is 16.7 Å². The summed E-state index contributed by atoms with van der Waals surface area (Å²) >= 11 is 1.32. The molecule has 9 nitrogen and oxygen atoms in total. The Morgan fingerprint density at radius 2 is 2.22 bits per heavy atom. The third-order valence-corrected chi connectivity index (χ3v) is 6.88. The van der Waals surface area contributed by atoms with E-state index in [1.807, 2.05) is 25.3 Å². The Morgan fingerprint density at radius 3 is 2.91 bits per heavy atom. The Labute approximate surface area is 191 Å². The van der Waals surface area contributed by atoms with Crippen LogP contribution in [0.15, 0.2) is 42.2 Å². The number of aromatic nitrogens is 2. The van der Waals surface area contributed by atoms with Crippen LogP contribution in [0.3, 0.4) is 0 Å². The molecule has 0 aliphatic heterocycles. The summed E-state index contributed by atoms with van der Waals surface area (Å²) in [4.78, 5) is 21.9. The highest BCUT2D eigenvalue weighted by molar-refractivity contribution is 7.84. The monoisotopic (exact) mass is 478 g/mol. The molecule has 1 aliphatic rings. The number of rotatable bonds is 9. The van der Waals surface area contributed by atoms with Gasteiger partial charge in [0.2, 0.25) is 5.78 Å². The van der Waals surface area contributed by atoms with Crippen LogP contribution in [-0.4, -0.2) is 48.0 Å². The molecule has 0 amide bonds. The van der Waals surface area contributed by atoms with E-state index in [0.29, 0.717) is 29.1 Å². The van der Waals surface area contributed by atoms with Crippen LogP contribution in [-0.2, 0) is 14.5 Å². The number of aliphatic hydroxyl groups excluding tert-OH is 1. The van der Waals surface area contributed by atoms with E-state index in [2.05, 4.69) is 26.0 Å². The van der Waals surface area contributed by atoms with Gasteiger partial charge in [-0.15, -0.1) is 11.3 Å². The molecule has 2 heterocycles. The van der Waals surface area contributed by atoms with Gasteiger partial charge in [-0.3, -0.25) is 8.98 Å². The quantitative estimate of drug-likeness (QED) is 0.368. The van der Waals surface area contributed by atoms with Crippen molar-refractivity contribution in [1.82, 2.24) is 9.97 Å². The maximum Gasteiger partial charge on any atom is 0.333 e. The molecule has 4 N–H and O–H groups in total. The molecule has 0 unspecified atom stereocenters. The number of hydrogen-bond acceptors (Lipinski definition) is 9. The van der Waals surface area contributed by atoms with Crippen LogP contribution in [0.2, 0.25) is 0 Å². The second kappa shape index (κ2) is 10.0. The molecule has 3 atom stereocenters. The van der Waals surface area contributed by atoms with E-state index < -0.39 is 22.3 Å². The first-order chi connectivity index (χ1) is 15.1. The molecule has 0 spiro atoms. The summed E-state index contributed by atoms with van der Waals surface area (Å²) < 4.78 is 26.7. The van der Waals surface area contributed by atoms with Gasteiger partial charge in [0.15, 0.2) is 0 Å². The van der Waals surface area contributed by atoms with Crippen molar-refractivity contribution < 1.29 is 22.5 Å². The predicted octanol–water partition coefficient (Wildman–Crippen LogP) is 2.52. The smallest absolute Gasteiger partial charge is 0.333 e. The van der Waals surface area contributed by atoms with Crippen molar-refractivity contribution in [3.63, 3.8) is 0 Å². The van der Waals surface area contributed by atoms with Crippen molar-refractivity contribution in [3.8, 4) is 0 Å². The van der Waals surface area contributed by atoms with Crippen LogP contribution in [0.1, 0.15) is 47.5 Å². The van der Waals surface area contributed by atoms with Crippen LogP contribution in [0.5, 0.6) is 0 Å². The van der Waals surface area contributed by atoms with Crippen molar-refractivity contribution in [2.75, 3.05) is 11.9 Å². The number of carbonyl (C=O) groups is 1. The maximum absolute atomic E-state index is 13.2. The Balaban J connectivity index is 1.73. The van der Waals surface area contributed by atoms with E-state index in [9.17, 15) is 18.3 Å². The number of carbonyl (C=O) groups excluding carboxylic acids is 1. The van der Waals surface area contributed by atoms with Gasteiger partial charge in [0, 0.05) is 18.2 Å².